The van der Waals surface area contributed by atoms with Crippen LogP contribution in [0.5, 0.6) is 0 Å². The molecule has 0 saturated heterocycles. The molecule has 0 spiro atoms. The second kappa shape index (κ2) is 11.7. The van der Waals surface area contributed by atoms with Crippen LogP contribution in [0, 0.1) is 18.2 Å². The molecule has 4 aromatic rings. The number of halogens is 1. The predicted octanol–water partition coefficient (Wildman–Crippen LogP) is 7.90. The molecule has 0 amide bonds. The molecule has 0 fully saturated rings. The van der Waals surface area contributed by atoms with Crippen molar-refractivity contribution in [2.75, 3.05) is 6.61 Å². The summed E-state index contributed by atoms with van der Waals surface area (Å²) in [6, 6.07) is 8.47. The van der Waals surface area contributed by atoms with Gasteiger partial charge in [0, 0.05) is 34.8 Å². The van der Waals surface area contributed by atoms with Gasteiger partial charge in [-0.05, 0) is 82.6 Å². The minimum Gasteiger partial charge on any atom is -0.464 e. The van der Waals surface area contributed by atoms with Crippen molar-refractivity contribution in [3.05, 3.63) is 75.8 Å². The lowest BCUT2D eigenvalue weighted by molar-refractivity contribution is -0.167. The van der Waals surface area contributed by atoms with E-state index in [1.807, 2.05) is 44.5 Å². The van der Waals surface area contributed by atoms with E-state index in [1.54, 1.807) is 30.4 Å². The number of thiazole rings is 1. The summed E-state index contributed by atoms with van der Waals surface area (Å²) in [7, 11) is 0. The van der Waals surface area contributed by atoms with Crippen LogP contribution in [-0.2, 0) is 20.7 Å². The second-order valence-electron chi connectivity index (χ2n) is 12.7. The Morgan fingerprint density at radius 2 is 1.95 bits per heavy atom. The molecule has 3 heterocycles. The molecule has 1 atom stereocenters. The lowest BCUT2D eigenvalue weighted by atomic mass is 9.77. The van der Waals surface area contributed by atoms with Gasteiger partial charge in [-0.15, -0.1) is 11.3 Å². The number of allylic oxidation sites excluding steroid dienone is 2. The third kappa shape index (κ3) is 6.63. The number of aryl methyl sites for hydroxylation is 1. The number of fused-ring (bicyclic) bond motifs is 1. The number of esters is 1. The maximum atomic E-state index is 13.4. The molecular formula is C33H39FN4O3S. The number of hydrogen-bond donors (Lipinski definition) is 0. The maximum Gasteiger partial charge on any atom is 0.340 e. The summed E-state index contributed by atoms with van der Waals surface area (Å²) in [5.74, 6) is -0.687. The number of carbonyl (C=O) groups excluding carboxylic acids is 1. The van der Waals surface area contributed by atoms with Crippen LogP contribution in [-0.4, -0.2) is 37.8 Å². The Bertz CT molecular complexity index is 1630. The van der Waals surface area contributed by atoms with E-state index in [4.69, 9.17) is 19.6 Å². The number of ether oxygens (including phenoxy) is 2. The highest BCUT2D eigenvalue weighted by molar-refractivity contribution is 7.15. The van der Waals surface area contributed by atoms with Crippen molar-refractivity contribution in [2.45, 2.75) is 85.9 Å². The van der Waals surface area contributed by atoms with E-state index in [1.165, 1.54) is 12.1 Å². The summed E-state index contributed by atoms with van der Waals surface area (Å²) in [4.78, 5) is 24.0. The van der Waals surface area contributed by atoms with Crippen molar-refractivity contribution >= 4 is 28.5 Å². The topological polar surface area (TPSA) is 78.6 Å². The van der Waals surface area contributed by atoms with E-state index < -0.39 is 17.7 Å². The van der Waals surface area contributed by atoms with Gasteiger partial charge >= 0.3 is 5.97 Å². The van der Waals surface area contributed by atoms with Gasteiger partial charge < -0.3 is 9.47 Å². The highest BCUT2D eigenvalue weighted by Gasteiger charge is 2.36. The molecule has 0 aliphatic heterocycles. The summed E-state index contributed by atoms with van der Waals surface area (Å²) in [5.41, 5.74) is 5.35. The first-order valence-corrected chi connectivity index (χ1v) is 15.3. The van der Waals surface area contributed by atoms with Crippen LogP contribution < -0.4 is 0 Å². The van der Waals surface area contributed by atoms with Crippen molar-refractivity contribution in [3.63, 3.8) is 0 Å². The minimum atomic E-state index is -0.956. The lowest BCUT2D eigenvalue weighted by Gasteiger charge is -2.32. The standard InChI is InChI=1S/C33H39FN4O3S/c1-8-40-31(39)29(41-32(3,4)5)27-20(2)36-26-18-25(37-38(26)28(27)22-13-15-33(6,7)16-14-22)30-35-19-24(42-30)17-21-9-11-23(34)12-10-21/h9-13,18-19,29H,8,14-17H2,1-7H3/t29-/m0/s1. The third-order valence-electron chi connectivity index (χ3n) is 7.40. The van der Waals surface area contributed by atoms with Crippen molar-refractivity contribution in [2.24, 2.45) is 5.41 Å². The molecule has 42 heavy (non-hydrogen) atoms. The zero-order valence-electron chi connectivity index (χ0n) is 25.5. The first-order valence-electron chi connectivity index (χ1n) is 14.5. The normalized spacial score (nSPS) is 16.0. The Labute approximate surface area is 250 Å². The van der Waals surface area contributed by atoms with Crippen LogP contribution in [0.15, 0.2) is 42.6 Å². The van der Waals surface area contributed by atoms with Crippen LogP contribution in [0.4, 0.5) is 4.39 Å². The van der Waals surface area contributed by atoms with Gasteiger partial charge in [0.25, 0.3) is 0 Å². The molecule has 0 saturated carbocycles. The largest absolute Gasteiger partial charge is 0.464 e. The van der Waals surface area contributed by atoms with Crippen LogP contribution in [0.3, 0.4) is 0 Å². The van der Waals surface area contributed by atoms with E-state index >= 15 is 0 Å². The zero-order chi connectivity index (χ0) is 30.2. The molecule has 222 valence electrons. The predicted molar refractivity (Wildman–Crippen MR) is 164 cm³/mol. The van der Waals surface area contributed by atoms with Gasteiger partial charge in [0.1, 0.15) is 16.5 Å². The smallest absolute Gasteiger partial charge is 0.340 e. The molecule has 9 heteroatoms. The molecular weight excluding hydrogens is 551 g/mol. The van der Waals surface area contributed by atoms with Crippen molar-refractivity contribution in [3.8, 4) is 10.7 Å². The first kappa shape index (κ1) is 30.0. The van der Waals surface area contributed by atoms with Crippen LogP contribution in [0.1, 0.15) is 94.3 Å². The Hall–Kier alpha value is -3.43. The maximum absolute atomic E-state index is 13.4. The van der Waals surface area contributed by atoms with Crippen molar-refractivity contribution in [1.82, 2.24) is 19.6 Å². The fraction of sp³-hybridized carbons (Fsp3) is 0.455. The first-order chi connectivity index (χ1) is 19.8. The zero-order valence-corrected chi connectivity index (χ0v) is 26.3. The molecule has 1 aromatic carbocycles. The molecule has 0 unspecified atom stereocenters. The summed E-state index contributed by atoms with van der Waals surface area (Å²) in [6.07, 6.45) is 6.59. The number of hydrogen-bond acceptors (Lipinski definition) is 7. The van der Waals surface area contributed by atoms with E-state index in [0.29, 0.717) is 29.0 Å². The van der Waals surface area contributed by atoms with Crippen LogP contribution in [0.2, 0.25) is 0 Å². The Morgan fingerprint density at radius 1 is 1.21 bits per heavy atom. The van der Waals surface area contributed by atoms with Crippen LogP contribution >= 0.6 is 11.3 Å². The van der Waals surface area contributed by atoms with Gasteiger partial charge in [-0.1, -0.05) is 32.1 Å². The number of nitrogens with zero attached hydrogens (tertiary/aromatic N) is 4. The average Bonchev–Trinajstić information content (AvgIpc) is 3.55. The highest BCUT2D eigenvalue weighted by atomic mass is 32.1. The Balaban J connectivity index is 1.63. The average molecular weight is 591 g/mol. The highest BCUT2D eigenvalue weighted by Crippen LogP contribution is 2.42. The van der Waals surface area contributed by atoms with Crippen molar-refractivity contribution in [1.29, 1.82) is 0 Å². The van der Waals surface area contributed by atoms with Gasteiger partial charge in [-0.3, -0.25) is 0 Å². The van der Waals surface area contributed by atoms with Gasteiger partial charge in [-0.2, -0.15) is 5.10 Å². The number of rotatable bonds is 8. The Kier molecular flexibility index (Phi) is 8.36. The summed E-state index contributed by atoms with van der Waals surface area (Å²) >= 11 is 1.55. The summed E-state index contributed by atoms with van der Waals surface area (Å²) in [6.45, 7) is 14.3. The van der Waals surface area contributed by atoms with E-state index in [2.05, 4.69) is 24.9 Å². The van der Waals surface area contributed by atoms with E-state index in [9.17, 15) is 9.18 Å². The summed E-state index contributed by atoms with van der Waals surface area (Å²) in [5, 5.41) is 5.79. The monoisotopic (exact) mass is 590 g/mol. The molecule has 1 aliphatic carbocycles. The van der Waals surface area contributed by atoms with Crippen LogP contribution in [0.25, 0.3) is 21.9 Å². The van der Waals surface area contributed by atoms with Gasteiger partial charge in [0.05, 0.1) is 17.9 Å². The molecule has 0 N–H and O–H groups in total. The number of aromatic nitrogens is 4. The van der Waals surface area contributed by atoms with Gasteiger partial charge in [0.15, 0.2) is 11.8 Å². The third-order valence-corrected chi connectivity index (χ3v) is 8.42. The molecule has 7 nitrogen and oxygen atoms in total. The fourth-order valence-corrected chi connectivity index (χ4v) is 6.16. The molecule has 5 rings (SSSR count). The number of benzene rings is 1. The molecule has 3 aromatic heterocycles. The molecule has 1 aliphatic rings. The Morgan fingerprint density at radius 3 is 2.60 bits per heavy atom. The van der Waals surface area contributed by atoms with Gasteiger partial charge in [-0.25, -0.2) is 23.7 Å². The lowest BCUT2D eigenvalue weighted by Crippen LogP contribution is -2.31. The SMILES string of the molecule is CCOC(=O)[C@@H](OC(C)(C)C)c1c(C)nc2cc(-c3ncc(Cc4ccc(F)cc4)s3)nn2c1C1=CCC(C)(C)CC1. The van der Waals surface area contributed by atoms with E-state index in [-0.39, 0.29) is 17.8 Å². The van der Waals surface area contributed by atoms with Crippen molar-refractivity contribution < 1.29 is 18.7 Å². The second-order valence-corrected chi connectivity index (χ2v) is 13.8. The van der Waals surface area contributed by atoms with E-state index in [0.717, 1.165) is 46.0 Å². The quantitative estimate of drug-likeness (QED) is 0.194. The summed E-state index contributed by atoms with van der Waals surface area (Å²) < 4.78 is 27.1. The molecule has 0 bridgehead atoms. The fourth-order valence-electron chi connectivity index (χ4n) is 5.26. The molecule has 0 radical (unpaired) electrons. The van der Waals surface area contributed by atoms with Gasteiger partial charge in [0.2, 0.25) is 0 Å². The minimum absolute atomic E-state index is 0.199. The number of carbonyl (C=O) groups is 1.